The maximum absolute atomic E-state index is 5.83. The largest absolute Gasteiger partial charge is 0.399 e. The lowest BCUT2D eigenvalue weighted by atomic mass is 10.1. The third-order valence-corrected chi connectivity index (χ3v) is 4.05. The zero-order valence-corrected chi connectivity index (χ0v) is 11.6. The Morgan fingerprint density at radius 2 is 1.89 bits per heavy atom. The van der Waals surface area contributed by atoms with Crippen molar-refractivity contribution in [2.75, 3.05) is 5.73 Å². The molecule has 4 heteroatoms. The van der Waals surface area contributed by atoms with Crippen molar-refractivity contribution in [1.29, 1.82) is 0 Å². The second-order valence-corrected chi connectivity index (χ2v) is 5.45. The lowest BCUT2D eigenvalue weighted by Gasteiger charge is -2.16. The zero-order chi connectivity index (χ0) is 13.4. The molecule has 1 aromatic heterocycles. The van der Waals surface area contributed by atoms with E-state index in [0.717, 1.165) is 28.5 Å². The highest BCUT2D eigenvalue weighted by Gasteiger charge is 2.23. The van der Waals surface area contributed by atoms with E-state index in [4.69, 9.17) is 5.73 Å². The first-order valence-corrected chi connectivity index (χ1v) is 6.95. The summed E-state index contributed by atoms with van der Waals surface area (Å²) >= 11 is 0. The number of nitrogens with two attached hydrogens (primary N) is 1. The summed E-state index contributed by atoms with van der Waals surface area (Å²) in [6.45, 7) is 4.12. The molecule has 0 saturated heterocycles. The lowest BCUT2D eigenvalue weighted by Crippen LogP contribution is -2.09. The summed E-state index contributed by atoms with van der Waals surface area (Å²) in [7, 11) is 0. The fourth-order valence-corrected chi connectivity index (χ4v) is 3.09. The van der Waals surface area contributed by atoms with E-state index in [0.29, 0.717) is 6.04 Å². The molecule has 0 amide bonds. The van der Waals surface area contributed by atoms with Gasteiger partial charge in [-0.2, -0.15) is 0 Å². The average Bonchev–Trinajstić information content (AvgIpc) is 2.98. The zero-order valence-electron chi connectivity index (χ0n) is 11.6. The van der Waals surface area contributed by atoms with Gasteiger partial charge in [-0.3, -0.25) is 0 Å². The third kappa shape index (κ3) is 2.11. The molecule has 2 aromatic rings. The van der Waals surface area contributed by atoms with Crippen molar-refractivity contribution in [3.63, 3.8) is 0 Å². The van der Waals surface area contributed by atoms with Crippen molar-refractivity contribution in [2.45, 2.75) is 45.6 Å². The molecule has 3 rings (SSSR count). The van der Waals surface area contributed by atoms with Gasteiger partial charge in [0, 0.05) is 17.3 Å². The molecule has 1 saturated carbocycles. The third-order valence-electron chi connectivity index (χ3n) is 4.05. The smallest absolute Gasteiger partial charge is 0.164 e. The summed E-state index contributed by atoms with van der Waals surface area (Å²) in [5.41, 5.74) is 8.92. The Balaban J connectivity index is 2.09. The Morgan fingerprint density at radius 1 is 1.16 bits per heavy atom. The van der Waals surface area contributed by atoms with Crippen LogP contribution in [0.2, 0.25) is 0 Å². The van der Waals surface area contributed by atoms with E-state index in [9.17, 15) is 0 Å². The predicted molar refractivity (Wildman–Crippen MR) is 76.8 cm³/mol. The minimum atomic E-state index is 0.557. The molecule has 0 atom stereocenters. The molecule has 1 aliphatic rings. The van der Waals surface area contributed by atoms with Gasteiger partial charge in [0.05, 0.1) is 0 Å². The van der Waals surface area contributed by atoms with Crippen LogP contribution in [0.1, 0.15) is 43.1 Å². The van der Waals surface area contributed by atoms with Crippen LogP contribution >= 0.6 is 0 Å². The van der Waals surface area contributed by atoms with Crippen LogP contribution in [0, 0.1) is 13.8 Å². The predicted octanol–water partition coefficient (Wildman–Crippen LogP) is 3.26. The highest BCUT2D eigenvalue weighted by Crippen LogP contribution is 2.34. The van der Waals surface area contributed by atoms with Gasteiger partial charge in [-0.25, -0.2) is 0 Å². The van der Waals surface area contributed by atoms with Crippen molar-refractivity contribution in [3.05, 3.63) is 29.6 Å². The Kier molecular flexibility index (Phi) is 3.01. The van der Waals surface area contributed by atoms with Gasteiger partial charge in [-0.05, 0) is 50.5 Å². The molecule has 1 heterocycles. The molecule has 4 nitrogen and oxygen atoms in total. The highest BCUT2D eigenvalue weighted by atomic mass is 15.3. The normalized spacial score (nSPS) is 16.1. The Morgan fingerprint density at radius 3 is 2.58 bits per heavy atom. The van der Waals surface area contributed by atoms with Crippen LogP contribution in [0.3, 0.4) is 0 Å². The lowest BCUT2D eigenvalue weighted by molar-refractivity contribution is 0.510. The Bertz CT molecular complexity index is 594. The van der Waals surface area contributed by atoms with Gasteiger partial charge in [0.25, 0.3) is 0 Å². The molecule has 0 bridgehead atoms. The minimum Gasteiger partial charge on any atom is -0.399 e. The fraction of sp³-hybridized carbons (Fsp3) is 0.467. The highest BCUT2D eigenvalue weighted by molar-refractivity contribution is 5.64. The second-order valence-electron chi connectivity index (χ2n) is 5.45. The molecule has 1 aromatic carbocycles. The summed E-state index contributed by atoms with van der Waals surface area (Å²) in [5.74, 6) is 2.00. The van der Waals surface area contributed by atoms with Gasteiger partial charge in [0.1, 0.15) is 5.82 Å². The Labute approximate surface area is 113 Å². The molecule has 0 aliphatic heterocycles. The van der Waals surface area contributed by atoms with Crippen molar-refractivity contribution < 1.29 is 0 Å². The molecule has 0 unspecified atom stereocenters. The van der Waals surface area contributed by atoms with Crippen LogP contribution in [0.25, 0.3) is 11.4 Å². The standard InChI is InChI=1S/C15H20N4/c1-10-9-12(16)7-8-14(10)15-18-17-11(2)19(15)13-5-3-4-6-13/h7-9,13H,3-6,16H2,1-2H3. The molecule has 1 fully saturated rings. The summed E-state index contributed by atoms with van der Waals surface area (Å²) in [6.07, 6.45) is 5.09. The van der Waals surface area contributed by atoms with Gasteiger partial charge in [0.15, 0.2) is 5.82 Å². The summed E-state index contributed by atoms with van der Waals surface area (Å²) in [5, 5.41) is 8.68. The number of aryl methyl sites for hydroxylation is 2. The number of hydrogen-bond donors (Lipinski definition) is 1. The number of nitrogens with zero attached hydrogens (tertiary/aromatic N) is 3. The number of aromatic nitrogens is 3. The number of nitrogen functional groups attached to an aromatic ring is 1. The summed E-state index contributed by atoms with van der Waals surface area (Å²) < 4.78 is 2.31. The maximum atomic E-state index is 5.83. The molecular weight excluding hydrogens is 236 g/mol. The maximum Gasteiger partial charge on any atom is 0.164 e. The van der Waals surface area contributed by atoms with Crippen LogP contribution in [-0.2, 0) is 0 Å². The van der Waals surface area contributed by atoms with E-state index in [1.165, 1.54) is 25.7 Å². The molecule has 100 valence electrons. The fourth-order valence-electron chi connectivity index (χ4n) is 3.09. The van der Waals surface area contributed by atoms with Crippen molar-refractivity contribution >= 4 is 5.69 Å². The first-order valence-electron chi connectivity index (χ1n) is 6.95. The van der Waals surface area contributed by atoms with Crippen LogP contribution < -0.4 is 5.73 Å². The van der Waals surface area contributed by atoms with Crippen molar-refractivity contribution in [2.24, 2.45) is 0 Å². The molecular formula is C15H20N4. The van der Waals surface area contributed by atoms with E-state index in [-0.39, 0.29) is 0 Å². The number of rotatable bonds is 2. The molecule has 0 spiro atoms. The SMILES string of the molecule is Cc1cc(N)ccc1-c1nnc(C)n1C1CCCC1. The quantitative estimate of drug-likeness (QED) is 0.839. The van der Waals surface area contributed by atoms with Crippen molar-refractivity contribution in [3.8, 4) is 11.4 Å². The van der Waals surface area contributed by atoms with E-state index in [2.05, 4.69) is 27.8 Å². The average molecular weight is 256 g/mol. The van der Waals surface area contributed by atoms with E-state index in [1.54, 1.807) is 0 Å². The number of anilines is 1. The van der Waals surface area contributed by atoms with E-state index in [1.807, 2.05) is 19.1 Å². The van der Waals surface area contributed by atoms with Crippen LogP contribution in [0.5, 0.6) is 0 Å². The number of benzene rings is 1. The Hall–Kier alpha value is -1.84. The van der Waals surface area contributed by atoms with Gasteiger partial charge < -0.3 is 10.3 Å². The summed E-state index contributed by atoms with van der Waals surface area (Å²) in [4.78, 5) is 0. The van der Waals surface area contributed by atoms with Gasteiger partial charge >= 0.3 is 0 Å². The van der Waals surface area contributed by atoms with E-state index >= 15 is 0 Å². The van der Waals surface area contributed by atoms with Crippen LogP contribution in [-0.4, -0.2) is 14.8 Å². The first kappa shape index (κ1) is 12.2. The molecule has 0 radical (unpaired) electrons. The van der Waals surface area contributed by atoms with Gasteiger partial charge in [-0.1, -0.05) is 12.8 Å². The van der Waals surface area contributed by atoms with Crippen LogP contribution in [0.15, 0.2) is 18.2 Å². The van der Waals surface area contributed by atoms with Crippen LogP contribution in [0.4, 0.5) is 5.69 Å². The topological polar surface area (TPSA) is 56.7 Å². The minimum absolute atomic E-state index is 0.557. The van der Waals surface area contributed by atoms with E-state index < -0.39 is 0 Å². The molecule has 1 aliphatic carbocycles. The summed E-state index contributed by atoms with van der Waals surface area (Å²) in [6, 6.07) is 6.55. The first-order chi connectivity index (χ1) is 9.16. The molecule has 19 heavy (non-hydrogen) atoms. The monoisotopic (exact) mass is 256 g/mol. The van der Waals surface area contributed by atoms with Gasteiger partial charge in [0.2, 0.25) is 0 Å². The number of hydrogen-bond acceptors (Lipinski definition) is 3. The van der Waals surface area contributed by atoms with Gasteiger partial charge in [-0.15, -0.1) is 10.2 Å². The molecule has 2 N–H and O–H groups in total. The van der Waals surface area contributed by atoms with Crippen molar-refractivity contribution in [1.82, 2.24) is 14.8 Å². The second kappa shape index (κ2) is 4.68.